The van der Waals surface area contributed by atoms with Crippen molar-refractivity contribution in [2.45, 2.75) is 56.8 Å². The molecule has 4 atom stereocenters. The van der Waals surface area contributed by atoms with Crippen molar-refractivity contribution in [3.8, 4) is 11.1 Å². The van der Waals surface area contributed by atoms with Gasteiger partial charge in [0.25, 0.3) is 0 Å². The van der Waals surface area contributed by atoms with Gasteiger partial charge in [0.1, 0.15) is 0 Å². The van der Waals surface area contributed by atoms with E-state index in [2.05, 4.69) is 48.6 Å². The molecule has 0 bridgehead atoms. The van der Waals surface area contributed by atoms with Crippen LogP contribution in [0.5, 0.6) is 0 Å². The number of aliphatic hydroxyl groups is 2. The van der Waals surface area contributed by atoms with Crippen molar-refractivity contribution in [1.29, 1.82) is 0 Å². The maximum Gasteiger partial charge on any atom is 0.320 e. The van der Waals surface area contributed by atoms with Crippen LogP contribution in [0.15, 0.2) is 48.5 Å². The summed E-state index contributed by atoms with van der Waals surface area (Å²) in [5.74, 6) is -0.0914. The number of ether oxygens (including phenoxy) is 1. The van der Waals surface area contributed by atoms with Gasteiger partial charge in [-0.3, -0.25) is 0 Å². The molecule has 2 aliphatic heterocycles. The number of amides is 2. The zero-order chi connectivity index (χ0) is 26.4. The van der Waals surface area contributed by atoms with E-state index in [-0.39, 0.29) is 18.0 Å². The molecule has 7 heteroatoms. The summed E-state index contributed by atoms with van der Waals surface area (Å²) >= 11 is 0. The van der Waals surface area contributed by atoms with Crippen molar-refractivity contribution in [1.82, 2.24) is 15.1 Å². The number of β-amino-alcohol motifs (C(OH)–C–C–N with tert-alkyl or cyclic N) is 1. The molecule has 37 heavy (non-hydrogen) atoms. The van der Waals surface area contributed by atoms with Gasteiger partial charge in [-0.1, -0.05) is 54.1 Å². The van der Waals surface area contributed by atoms with Crippen molar-refractivity contribution in [3.05, 3.63) is 59.7 Å². The summed E-state index contributed by atoms with van der Waals surface area (Å²) in [6.45, 7) is 4.75. The predicted octanol–water partition coefficient (Wildman–Crippen LogP) is 3.76. The number of nitrogens with one attached hydrogen (secondary N) is 1. The molecule has 3 N–H and O–H groups in total. The Morgan fingerprint density at radius 1 is 1.11 bits per heavy atom. The number of likely N-dealkylation sites (tertiary alicyclic amines) is 2. The third-order valence-electron chi connectivity index (χ3n) is 8.18. The average molecular weight is 510 g/mol. The molecule has 0 radical (unpaired) electrons. The van der Waals surface area contributed by atoms with Gasteiger partial charge in [-0.2, -0.15) is 0 Å². The monoisotopic (exact) mass is 509 g/mol. The van der Waals surface area contributed by atoms with Crippen LogP contribution >= 0.6 is 0 Å². The number of benzene rings is 2. The number of nitrogens with zero attached hydrogens (tertiary/aromatic N) is 2. The molecule has 2 heterocycles. The first-order valence-electron chi connectivity index (χ1n) is 13.6. The quantitative estimate of drug-likeness (QED) is 0.448. The second-order valence-electron chi connectivity index (χ2n) is 10.7. The molecule has 4 rings (SSSR count). The molecule has 7 nitrogen and oxygen atoms in total. The van der Waals surface area contributed by atoms with E-state index in [0.717, 1.165) is 42.4 Å². The lowest BCUT2D eigenvalue weighted by Gasteiger charge is -2.44. The van der Waals surface area contributed by atoms with Crippen molar-refractivity contribution in [3.63, 3.8) is 0 Å². The van der Waals surface area contributed by atoms with Gasteiger partial charge >= 0.3 is 6.03 Å². The Bertz CT molecular complexity index is 1050. The Morgan fingerprint density at radius 2 is 1.92 bits per heavy atom. The van der Waals surface area contributed by atoms with Gasteiger partial charge in [0.05, 0.1) is 17.7 Å². The van der Waals surface area contributed by atoms with E-state index in [9.17, 15) is 15.0 Å². The molecule has 2 aliphatic rings. The van der Waals surface area contributed by atoms with E-state index in [1.54, 1.807) is 12.0 Å². The van der Waals surface area contributed by atoms with Gasteiger partial charge in [0.2, 0.25) is 0 Å². The highest BCUT2D eigenvalue weighted by Gasteiger charge is 2.44. The van der Waals surface area contributed by atoms with Crippen molar-refractivity contribution < 1.29 is 19.7 Å². The average Bonchev–Trinajstić information content (AvgIpc) is 3.31. The largest absolute Gasteiger partial charge is 0.390 e. The first-order valence-corrected chi connectivity index (χ1v) is 13.6. The molecule has 0 saturated carbocycles. The number of aryl methyl sites for hydroxylation is 1. The minimum absolute atomic E-state index is 0.0461. The molecule has 202 valence electrons. The molecule has 0 unspecified atom stereocenters. The first-order chi connectivity index (χ1) is 17.9. The zero-order valence-electron chi connectivity index (χ0n) is 22.5. The van der Waals surface area contributed by atoms with Crippen LogP contribution < -0.4 is 5.32 Å². The molecule has 0 aliphatic carbocycles. The van der Waals surface area contributed by atoms with Gasteiger partial charge < -0.3 is 30.1 Å². The third kappa shape index (κ3) is 6.17. The van der Waals surface area contributed by atoms with Crippen molar-refractivity contribution in [2.75, 3.05) is 46.9 Å². The first kappa shape index (κ1) is 27.6. The summed E-state index contributed by atoms with van der Waals surface area (Å²) in [5.41, 5.74) is 3.18. The number of hydrogen-bond acceptors (Lipinski definition) is 5. The second kappa shape index (κ2) is 12.4. The van der Waals surface area contributed by atoms with Crippen molar-refractivity contribution in [2.24, 2.45) is 5.92 Å². The normalized spacial score (nSPS) is 23.8. The highest BCUT2D eigenvalue weighted by molar-refractivity contribution is 5.75. The van der Waals surface area contributed by atoms with Crippen LogP contribution in [-0.2, 0) is 10.3 Å². The Hall–Kier alpha value is -2.45. The Morgan fingerprint density at radius 3 is 2.65 bits per heavy atom. The highest BCUT2D eigenvalue weighted by Crippen LogP contribution is 2.44. The van der Waals surface area contributed by atoms with Gasteiger partial charge in [0, 0.05) is 45.8 Å². The highest BCUT2D eigenvalue weighted by atomic mass is 16.5. The molecule has 2 aromatic rings. The van der Waals surface area contributed by atoms with Crippen LogP contribution in [0.3, 0.4) is 0 Å². The summed E-state index contributed by atoms with van der Waals surface area (Å²) in [4.78, 5) is 17.1. The minimum atomic E-state index is -1.08. The van der Waals surface area contributed by atoms with E-state index in [4.69, 9.17) is 4.74 Å². The topological polar surface area (TPSA) is 85.3 Å². The van der Waals surface area contributed by atoms with Crippen LogP contribution in [0.1, 0.15) is 43.2 Å². The zero-order valence-corrected chi connectivity index (χ0v) is 22.5. The summed E-state index contributed by atoms with van der Waals surface area (Å²) in [7, 11) is 3.52. The number of methoxy groups -OCH3 is 1. The molecule has 2 aromatic carbocycles. The SMILES string of the molecule is CN[C@@H]1CN(C(=O)N2CCC[C@@H]([C@@](O)(CCCCOC)c3ccccc3-c3cccc(C)c3)C2)C[C@@H]1O. The second-order valence-corrected chi connectivity index (χ2v) is 10.7. The fourth-order valence-electron chi connectivity index (χ4n) is 6.09. The number of hydrogen-bond donors (Lipinski definition) is 3. The Kier molecular flexibility index (Phi) is 9.24. The Labute approximate surface area is 221 Å². The number of likely N-dealkylation sites (N-methyl/N-ethyl adjacent to an activating group) is 1. The lowest BCUT2D eigenvalue weighted by atomic mass is 9.72. The van der Waals surface area contributed by atoms with E-state index in [0.29, 0.717) is 39.2 Å². The summed E-state index contributed by atoms with van der Waals surface area (Å²) in [5, 5.41) is 26.0. The molecule has 0 aromatic heterocycles. The third-order valence-corrected chi connectivity index (χ3v) is 8.18. The summed E-state index contributed by atoms with van der Waals surface area (Å²) < 4.78 is 5.28. The molecular weight excluding hydrogens is 466 g/mol. The van der Waals surface area contributed by atoms with E-state index < -0.39 is 11.7 Å². The number of aliphatic hydroxyl groups excluding tert-OH is 1. The minimum Gasteiger partial charge on any atom is -0.390 e. The van der Waals surface area contributed by atoms with Crippen LogP contribution in [-0.4, -0.2) is 85.1 Å². The van der Waals surface area contributed by atoms with E-state index in [1.807, 2.05) is 24.1 Å². The molecular formula is C30H43N3O4. The maximum absolute atomic E-state index is 13.5. The lowest BCUT2D eigenvalue weighted by molar-refractivity contribution is -0.0571. The fourth-order valence-corrected chi connectivity index (χ4v) is 6.09. The summed E-state index contributed by atoms with van der Waals surface area (Å²) in [6, 6.07) is 16.4. The van der Waals surface area contributed by atoms with Crippen LogP contribution in [0, 0.1) is 12.8 Å². The van der Waals surface area contributed by atoms with Gasteiger partial charge in [-0.05, 0) is 62.8 Å². The van der Waals surface area contributed by atoms with E-state index >= 15 is 0 Å². The van der Waals surface area contributed by atoms with Gasteiger partial charge in [-0.25, -0.2) is 4.79 Å². The van der Waals surface area contributed by atoms with E-state index in [1.165, 1.54) is 5.56 Å². The van der Waals surface area contributed by atoms with Crippen LogP contribution in [0.2, 0.25) is 0 Å². The van der Waals surface area contributed by atoms with Gasteiger partial charge in [0.15, 0.2) is 0 Å². The van der Waals surface area contributed by atoms with Crippen LogP contribution in [0.4, 0.5) is 4.79 Å². The van der Waals surface area contributed by atoms with Gasteiger partial charge in [-0.15, -0.1) is 0 Å². The molecule has 0 spiro atoms. The standard InChI is InChI=1S/C30H43N3O4/c1-22-10-8-11-23(18-22)25-13-4-5-14-26(25)30(36,15-6-7-17-37-3)24-12-9-16-32(19-24)29(35)33-20-27(31-2)28(34)21-33/h4-5,8,10-11,13-14,18,24,27-28,31,34,36H,6-7,9,12,15-17,19-21H2,1-3H3/t24-,27-,28+,30+/m1/s1. The fraction of sp³-hybridized carbons (Fsp3) is 0.567. The summed E-state index contributed by atoms with van der Waals surface area (Å²) in [6.07, 6.45) is 3.45. The predicted molar refractivity (Wildman–Crippen MR) is 146 cm³/mol. The number of urea groups is 1. The number of unbranched alkanes of at least 4 members (excludes halogenated alkanes) is 1. The van der Waals surface area contributed by atoms with Crippen molar-refractivity contribution >= 4 is 6.03 Å². The number of rotatable bonds is 9. The molecule has 2 fully saturated rings. The smallest absolute Gasteiger partial charge is 0.320 e. The molecule has 2 saturated heterocycles. The number of carbonyl (C=O) groups is 1. The number of piperidine rings is 1. The lowest BCUT2D eigenvalue weighted by Crippen LogP contribution is -2.52. The number of carbonyl (C=O) groups excluding carboxylic acids is 1. The Balaban J connectivity index is 1.63. The van der Waals surface area contributed by atoms with Crippen LogP contribution in [0.25, 0.3) is 11.1 Å². The maximum atomic E-state index is 13.5. The molecule has 2 amide bonds.